The second-order valence-corrected chi connectivity index (χ2v) is 4.15. The summed E-state index contributed by atoms with van der Waals surface area (Å²) in [5.41, 5.74) is 3.62. The van der Waals surface area contributed by atoms with Gasteiger partial charge in [0.15, 0.2) is 0 Å². The van der Waals surface area contributed by atoms with Crippen LogP contribution >= 0.6 is 11.6 Å². The van der Waals surface area contributed by atoms with Crippen molar-refractivity contribution in [1.82, 2.24) is 5.32 Å². The molecule has 0 saturated heterocycles. The lowest BCUT2D eigenvalue weighted by atomic mass is 10.0. The summed E-state index contributed by atoms with van der Waals surface area (Å²) in [5, 5.41) is 3.97. The van der Waals surface area contributed by atoms with Gasteiger partial charge < -0.3 is 5.32 Å². The number of rotatable bonds is 4. The molecule has 0 fully saturated rings. The molecule has 1 N–H and O–H groups in total. The molecule has 1 aromatic rings. The van der Waals surface area contributed by atoms with Crippen molar-refractivity contribution in [3.8, 4) is 0 Å². The molecule has 1 rings (SSSR count). The minimum atomic E-state index is 0.842. The standard InChI is InChI=1S/C13H18ClN/c1-10(5-4-8-15-3)12-7-6-11(2)13(14)9-12/h5-7,9,15H,4,8H2,1-3H3/b10-5-. The van der Waals surface area contributed by atoms with Gasteiger partial charge in [0.2, 0.25) is 0 Å². The van der Waals surface area contributed by atoms with Gasteiger partial charge in [-0.15, -0.1) is 0 Å². The van der Waals surface area contributed by atoms with E-state index in [4.69, 9.17) is 11.6 Å². The summed E-state index contributed by atoms with van der Waals surface area (Å²) < 4.78 is 0. The maximum Gasteiger partial charge on any atom is 0.0441 e. The van der Waals surface area contributed by atoms with E-state index in [-0.39, 0.29) is 0 Å². The van der Waals surface area contributed by atoms with Gasteiger partial charge in [-0.1, -0.05) is 29.8 Å². The van der Waals surface area contributed by atoms with Crippen molar-refractivity contribution in [3.63, 3.8) is 0 Å². The first kappa shape index (κ1) is 12.3. The molecule has 0 spiro atoms. The van der Waals surface area contributed by atoms with E-state index in [9.17, 15) is 0 Å². The van der Waals surface area contributed by atoms with Crippen molar-refractivity contribution in [1.29, 1.82) is 0 Å². The highest BCUT2D eigenvalue weighted by Gasteiger charge is 1.99. The normalized spacial score (nSPS) is 11.9. The Bertz CT molecular complexity index is 356. The van der Waals surface area contributed by atoms with E-state index in [0.717, 1.165) is 23.6 Å². The smallest absolute Gasteiger partial charge is 0.0441 e. The Balaban J connectivity index is 2.77. The third-order valence-electron chi connectivity index (χ3n) is 2.47. The zero-order valence-electron chi connectivity index (χ0n) is 9.60. The van der Waals surface area contributed by atoms with E-state index in [2.05, 4.69) is 30.4 Å². The molecular formula is C13H18ClN. The Morgan fingerprint density at radius 3 is 2.80 bits per heavy atom. The summed E-state index contributed by atoms with van der Waals surface area (Å²) in [5.74, 6) is 0. The van der Waals surface area contributed by atoms with E-state index < -0.39 is 0 Å². The van der Waals surface area contributed by atoms with E-state index in [1.165, 1.54) is 11.1 Å². The van der Waals surface area contributed by atoms with E-state index in [0.29, 0.717) is 0 Å². The molecule has 0 aromatic heterocycles. The lowest BCUT2D eigenvalue weighted by Gasteiger charge is -2.04. The van der Waals surface area contributed by atoms with Crippen LogP contribution in [0.25, 0.3) is 5.57 Å². The van der Waals surface area contributed by atoms with Gasteiger partial charge in [0.1, 0.15) is 0 Å². The maximum absolute atomic E-state index is 6.08. The fourth-order valence-corrected chi connectivity index (χ4v) is 1.57. The van der Waals surface area contributed by atoms with Gasteiger partial charge in [0, 0.05) is 5.02 Å². The van der Waals surface area contributed by atoms with Gasteiger partial charge in [-0.2, -0.15) is 0 Å². The van der Waals surface area contributed by atoms with Crippen LogP contribution in [0.1, 0.15) is 24.5 Å². The fourth-order valence-electron chi connectivity index (χ4n) is 1.39. The first-order chi connectivity index (χ1) is 7.15. The summed E-state index contributed by atoms with van der Waals surface area (Å²) >= 11 is 6.08. The summed E-state index contributed by atoms with van der Waals surface area (Å²) in [6.07, 6.45) is 3.28. The lowest BCUT2D eigenvalue weighted by molar-refractivity contribution is 0.808. The van der Waals surface area contributed by atoms with Gasteiger partial charge in [0.05, 0.1) is 0 Å². The predicted octanol–water partition coefficient (Wildman–Crippen LogP) is 3.66. The number of hydrogen-bond acceptors (Lipinski definition) is 1. The minimum Gasteiger partial charge on any atom is -0.319 e. The van der Waals surface area contributed by atoms with Crippen molar-refractivity contribution >= 4 is 17.2 Å². The Morgan fingerprint density at radius 2 is 2.20 bits per heavy atom. The molecule has 2 heteroatoms. The third-order valence-corrected chi connectivity index (χ3v) is 2.88. The van der Waals surface area contributed by atoms with Crippen LogP contribution in [0.5, 0.6) is 0 Å². The van der Waals surface area contributed by atoms with Crippen LogP contribution in [0.4, 0.5) is 0 Å². The second kappa shape index (κ2) is 5.94. The largest absolute Gasteiger partial charge is 0.319 e. The molecule has 0 aliphatic carbocycles. The Morgan fingerprint density at radius 1 is 1.47 bits per heavy atom. The van der Waals surface area contributed by atoms with Crippen molar-refractivity contribution in [2.75, 3.05) is 13.6 Å². The summed E-state index contributed by atoms with van der Waals surface area (Å²) in [6, 6.07) is 6.21. The summed E-state index contributed by atoms with van der Waals surface area (Å²) in [6.45, 7) is 5.15. The van der Waals surface area contributed by atoms with Crippen LogP contribution < -0.4 is 5.32 Å². The number of aryl methyl sites for hydroxylation is 1. The summed E-state index contributed by atoms with van der Waals surface area (Å²) in [7, 11) is 1.96. The lowest BCUT2D eigenvalue weighted by Crippen LogP contribution is -2.05. The fraction of sp³-hybridized carbons (Fsp3) is 0.385. The van der Waals surface area contributed by atoms with E-state index in [1.54, 1.807) is 0 Å². The zero-order valence-corrected chi connectivity index (χ0v) is 10.4. The Kier molecular flexibility index (Phi) is 4.86. The monoisotopic (exact) mass is 223 g/mol. The maximum atomic E-state index is 6.08. The molecule has 0 aliphatic heterocycles. The molecule has 15 heavy (non-hydrogen) atoms. The summed E-state index contributed by atoms with van der Waals surface area (Å²) in [4.78, 5) is 0. The number of allylic oxidation sites excluding steroid dienone is 1. The number of nitrogens with one attached hydrogen (secondary N) is 1. The van der Waals surface area contributed by atoms with Crippen LogP contribution in [-0.4, -0.2) is 13.6 Å². The molecule has 0 bridgehead atoms. The number of benzene rings is 1. The van der Waals surface area contributed by atoms with Gasteiger partial charge in [-0.05, 0) is 56.6 Å². The highest BCUT2D eigenvalue weighted by Crippen LogP contribution is 2.21. The van der Waals surface area contributed by atoms with Gasteiger partial charge in [-0.25, -0.2) is 0 Å². The number of halogens is 1. The number of hydrogen-bond donors (Lipinski definition) is 1. The second-order valence-electron chi connectivity index (χ2n) is 3.74. The minimum absolute atomic E-state index is 0.842. The molecule has 82 valence electrons. The first-order valence-corrected chi connectivity index (χ1v) is 5.61. The van der Waals surface area contributed by atoms with Crippen LogP contribution in [0.3, 0.4) is 0 Å². The van der Waals surface area contributed by atoms with Crippen molar-refractivity contribution in [2.24, 2.45) is 0 Å². The average molecular weight is 224 g/mol. The highest BCUT2D eigenvalue weighted by atomic mass is 35.5. The van der Waals surface area contributed by atoms with Crippen molar-refractivity contribution in [2.45, 2.75) is 20.3 Å². The Hall–Kier alpha value is -0.790. The van der Waals surface area contributed by atoms with E-state index >= 15 is 0 Å². The predicted molar refractivity (Wildman–Crippen MR) is 68.4 cm³/mol. The molecular weight excluding hydrogens is 206 g/mol. The molecule has 1 aromatic carbocycles. The molecule has 0 amide bonds. The van der Waals surface area contributed by atoms with Crippen LogP contribution in [0, 0.1) is 6.92 Å². The van der Waals surface area contributed by atoms with Crippen molar-refractivity contribution in [3.05, 3.63) is 40.4 Å². The van der Waals surface area contributed by atoms with Gasteiger partial charge in [-0.3, -0.25) is 0 Å². The van der Waals surface area contributed by atoms with Crippen LogP contribution in [0.15, 0.2) is 24.3 Å². The quantitative estimate of drug-likeness (QED) is 0.769. The molecule has 0 atom stereocenters. The molecule has 0 unspecified atom stereocenters. The third kappa shape index (κ3) is 3.69. The van der Waals surface area contributed by atoms with Crippen LogP contribution in [-0.2, 0) is 0 Å². The van der Waals surface area contributed by atoms with E-state index in [1.807, 2.05) is 20.0 Å². The van der Waals surface area contributed by atoms with Crippen molar-refractivity contribution < 1.29 is 0 Å². The molecule has 1 nitrogen and oxygen atoms in total. The molecule has 0 heterocycles. The molecule has 0 saturated carbocycles. The molecule has 0 aliphatic rings. The topological polar surface area (TPSA) is 12.0 Å². The zero-order chi connectivity index (χ0) is 11.3. The first-order valence-electron chi connectivity index (χ1n) is 5.23. The SMILES string of the molecule is CNCC/C=C(/C)c1ccc(C)c(Cl)c1. The molecule has 0 radical (unpaired) electrons. The highest BCUT2D eigenvalue weighted by molar-refractivity contribution is 6.31. The van der Waals surface area contributed by atoms with Crippen LogP contribution in [0.2, 0.25) is 5.02 Å². The van der Waals surface area contributed by atoms with Gasteiger partial charge >= 0.3 is 0 Å². The average Bonchev–Trinajstić information content (AvgIpc) is 2.22. The Labute approximate surface area is 97.1 Å². The van der Waals surface area contributed by atoms with Gasteiger partial charge in [0.25, 0.3) is 0 Å².